The minimum Gasteiger partial charge on any atom is -0.497 e. The molecule has 0 aliphatic rings. The van der Waals surface area contributed by atoms with E-state index in [4.69, 9.17) is 14.2 Å². The lowest BCUT2D eigenvalue weighted by molar-refractivity contribution is -0.115. The Bertz CT molecular complexity index is 615. The van der Waals surface area contributed by atoms with Gasteiger partial charge in [0, 0.05) is 23.9 Å². The number of anilines is 1. The molecule has 0 radical (unpaired) electrons. The van der Waals surface area contributed by atoms with Gasteiger partial charge in [-0.15, -0.1) is 0 Å². The standard InChI is InChI=1S/C17H19NO4/c1-20-14-6-4-12(5-7-14)8-17(19)18-13-9-15(21-2)11-16(10-13)22-3/h4-7,9-11H,8H2,1-3H3,(H,18,19). The van der Waals surface area contributed by atoms with Crippen molar-refractivity contribution < 1.29 is 19.0 Å². The second-order valence-corrected chi connectivity index (χ2v) is 4.67. The van der Waals surface area contributed by atoms with Crippen LogP contribution in [-0.4, -0.2) is 27.2 Å². The van der Waals surface area contributed by atoms with Crippen molar-refractivity contribution >= 4 is 11.6 Å². The second kappa shape index (κ2) is 7.36. The number of methoxy groups -OCH3 is 3. The summed E-state index contributed by atoms with van der Waals surface area (Å²) in [6, 6.07) is 12.6. The topological polar surface area (TPSA) is 56.8 Å². The summed E-state index contributed by atoms with van der Waals surface area (Å²) >= 11 is 0. The minimum atomic E-state index is -0.111. The van der Waals surface area contributed by atoms with Gasteiger partial charge in [0.2, 0.25) is 5.91 Å². The third-order valence-corrected chi connectivity index (χ3v) is 3.16. The lowest BCUT2D eigenvalue weighted by Gasteiger charge is -2.10. The van der Waals surface area contributed by atoms with Gasteiger partial charge in [-0.1, -0.05) is 12.1 Å². The highest BCUT2D eigenvalue weighted by molar-refractivity contribution is 5.92. The summed E-state index contributed by atoms with van der Waals surface area (Å²) < 4.78 is 15.4. The maximum Gasteiger partial charge on any atom is 0.228 e. The summed E-state index contributed by atoms with van der Waals surface area (Å²) in [4.78, 5) is 12.1. The van der Waals surface area contributed by atoms with Gasteiger partial charge in [0.05, 0.1) is 27.8 Å². The fourth-order valence-corrected chi connectivity index (χ4v) is 2.01. The molecule has 2 aromatic carbocycles. The van der Waals surface area contributed by atoms with Gasteiger partial charge in [-0.3, -0.25) is 4.79 Å². The Morgan fingerprint density at radius 3 is 1.91 bits per heavy atom. The zero-order valence-electron chi connectivity index (χ0n) is 12.9. The maximum absolute atomic E-state index is 12.1. The second-order valence-electron chi connectivity index (χ2n) is 4.67. The van der Waals surface area contributed by atoms with E-state index in [1.165, 1.54) is 0 Å². The van der Waals surface area contributed by atoms with Crippen LogP contribution in [0.3, 0.4) is 0 Å². The van der Waals surface area contributed by atoms with Crippen LogP contribution in [0.2, 0.25) is 0 Å². The van der Waals surface area contributed by atoms with Crippen LogP contribution in [0.15, 0.2) is 42.5 Å². The average Bonchev–Trinajstić information content (AvgIpc) is 2.55. The Labute approximate surface area is 129 Å². The molecular formula is C17H19NO4. The predicted octanol–water partition coefficient (Wildman–Crippen LogP) is 2.89. The Morgan fingerprint density at radius 2 is 1.41 bits per heavy atom. The third kappa shape index (κ3) is 4.15. The number of ether oxygens (including phenoxy) is 3. The fraction of sp³-hybridized carbons (Fsp3) is 0.235. The lowest BCUT2D eigenvalue weighted by atomic mass is 10.1. The molecule has 1 amide bonds. The molecule has 0 fully saturated rings. The summed E-state index contributed by atoms with van der Waals surface area (Å²) in [6.07, 6.45) is 0.281. The van der Waals surface area contributed by atoms with Gasteiger partial charge < -0.3 is 19.5 Å². The van der Waals surface area contributed by atoms with Crippen LogP contribution >= 0.6 is 0 Å². The van der Waals surface area contributed by atoms with Crippen molar-refractivity contribution in [2.45, 2.75) is 6.42 Å². The first-order chi connectivity index (χ1) is 10.6. The van der Waals surface area contributed by atoms with Crippen LogP contribution in [0.5, 0.6) is 17.2 Å². The third-order valence-electron chi connectivity index (χ3n) is 3.16. The first kappa shape index (κ1) is 15.7. The number of amides is 1. The summed E-state index contributed by atoms with van der Waals surface area (Å²) in [5.74, 6) is 1.90. The van der Waals surface area contributed by atoms with E-state index in [0.717, 1.165) is 11.3 Å². The number of nitrogens with one attached hydrogen (secondary N) is 1. The predicted molar refractivity (Wildman–Crippen MR) is 84.9 cm³/mol. The molecule has 22 heavy (non-hydrogen) atoms. The molecule has 5 nitrogen and oxygen atoms in total. The van der Waals surface area contributed by atoms with Gasteiger partial charge in [0.25, 0.3) is 0 Å². The van der Waals surface area contributed by atoms with Crippen LogP contribution in [-0.2, 0) is 11.2 Å². The molecule has 1 N–H and O–H groups in total. The zero-order valence-corrected chi connectivity index (χ0v) is 12.9. The van der Waals surface area contributed by atoms with Gasteiger partial charge in [-0.2, -0.15) is 0 Å². The van der Waals surface area contributed by atoms with Crippen molar-refractivity contribution in [1.29, 1.82) is 0 Å². The molecule has 0 unspecified atom stereocenters. The highest BCUT2D eigenvalue weighted by Crippen LogP contribution is 2.25. The first-order valence-corrected chi connectivity index (χ1v) is 6.80. The van der Waals surface area contributed by atoms with Crippen LogP contribution in [0.1, 0.15) is 5.56 Å². The smallest absolute Gasteiger partial charge is 0.228 e. The molecule has 5 heteroatoms. The Morgan fingerprint density at radius 1 is 0.864 bits per heavy atom. The van der Waals surface area contributed by atoms with E-state index < -0.39 is 0 Å². The first-order valence-electron chi connectivity index (χ1n) is 6.80. The van der Waals surface area contributed by atoms with E-state index >= 15 is 0 Å². The summed E-state index contributed by atoms with van der Waals surface area (Å²) in [5, 5.41) is 2.84. The van der Waals surface area contributed by atoms with Gasteiger partial charge >= 0.3 is 0 Å². The van der Waals surface area contributed by atoms with Gasteiger partial charge in [0.1, 0.15) is 17.2 Å². The van der Waals surface area contributed by atoms with E-state index in [1.807, 2.05) is 24.3 Å². The van der Waals surface area contributed by atoms with Crippen molar-refractivity contribution in [1.82, 2.24) is 0 Å². The molecule has 116 valence electrons. The molecule has 0 heterocycles. The average molecular weight is 301 g/mol. The van der Waals surface area contributed by atoms with E-state index in [2.05, 4.69) is 5.32 Å². The molecule has 2 aromatic rings. The van der Waals surface area contributed by atoms with Crippen LogP contribution in [0, 0.1) is 0 Å². The molecular weight excluding hydrogens is 282 g/mol. The van der Waals surface area contributed by atoms with E-state index in [1.54, 1.807) is 39.5 Å². The summed E-state index contributed by atoms with van der Waals surface area (Å²) in [7, 11) is 4.74. The number of carbonyl (C=O) groups is 1. The van der Waals surface area contributed by atoms with Crippen LogP contribution < -0.4 is 19.5 Å². The van der Waals surface area contributed by atoms with Crippen molar-refractivity contribution in [2.24, 2.45) is 0 Å². The van der Waals surface area contributed by atoms with E-state index in [9.17, 15) is 4.79 Å². The summed E-state index contributed by atoms with van der Waals surface area (Å²) in [6.45, 7) is 0. The Hall–Kier alpha value is -2.69. The largest absolute Gasteiger partial charge is 0.497 e. The number of benzene rings is 2. The summed E-state index contributed by atoms with van der Waals surface area (Å²) in [5.41, 5.74) is 1.54. The van der Waals surface area contributed by atoms with Crippen LogP contribution in [0.25, 0.3) is 0 Å². The number of carbonyl (C=O) groups excluding carboxylic acids is 1. The lowest BCUT2D eigenvalue weighted by Crippen LogP contribution is -2.14. The molecule has 0 spiro atoms. The van der Waals surface area contributed by atoms with Gasteiger partial charge in [-0.25, -0.2) is 0 Å². The highest BCUT2D eigenvalue weighted by atomic mass is 16.5. The molecule has 0 saturated carbocycles. The van der Waals surface area contributed by atoms with Crippen molar-refractivity contribution in [3.8, 4) is 17.2 Å². The maximum atomic E-state index is 12.1. The van der Waals surface area contributed by atoms with Crippen LogP contribution in [0.4, 0.5) is 5.69 Å². The number of rotatable bonds is 6. The Balaban J connectivity index is 2.04. The minimum absolute atomic E-state index is 0.111. The molecule has 0 aliphatic carbocycles. The number of hydrogen-bond donors (Lipinski definition) is 1. The van der Waals surface area contributed by atoms with E-state index in [0.29, 0.717) is 17.2 Å². The van der Waals surface area contributed by atoms with Gasteiger partial charge in [-0.05, 0) is 17.7 Å². The zero-order chi connectivity index (χ0) is 15.9. The van der Waals surface area contributed by atoms with Crippen molar-refractivity contribution in [2.75, 3.05) is 26.6 Å². The monoisotopic (exact) mass is 301 g/mol. The highest BCUT2D eigenvalue weighted by Gasteiger charge is 2.07. The normalized spacial score (nSPS) is 9.95. The molecule has 0 aromatic heterocycles. The SMILES string of the molecule is COc1ccc(CC(=O)Nc2cc(OC)cc(OC)c2)cc1. The molecule has 2 rings (SSSR count). The number of hydrogen-bond acceptors (Lipinski definition) is 4. The van der Waals surface area contributed by atoms with Crippen molar-refractivity contribution in [3.63, 3.8) is 0 Å². The molecule has 0 aliphatic heterocycles. The molecule has 0 atom stereocenters. The molecule has 0 saturated heterocycles. The van der Waals surface area contributed by atoms with Crippen molar-refractivity contribution in [3.05, 3.63) is 48.0 Å². The fourth-order valence-electron chi connectivity index (χ4n) is 2.01. The van der Waals surface area contributed by atoms with E-state index in [-0.39, 0.29) is 12.3 Å². The Kier molecular flexibility index (Phi) is 5.25. The van der Waals surface area contributed by atoms with Gasteiger partial charge in [0.15, 0.2) is 0 Å². The molecule has 0 bridgehead atoms. The quantitative estimate of drug-likeness (QED) is 0.891.